The largest absolute Gasteiger partial charge is 0.508 e. The molecular formula is C36H36O15. The number of aliphatic hydroxyl groups is 2. The van der Waals surface area contributed by atoms with Gasteiger partial charge in [-0.05, 0) is 78.4 Å². The summed E-state index contributed by atoms with van der Waals surface area (Å²) in [6.07, 6.45) is -4.82. The highest BCUT2D eigenvalue weighted by Gasteiger charge is 2.31. The molecule has 0 bridgehead atoms. The Bertz CT molecular complexity index is 1790. The number of Topliss-reactive ketones (excluding diaryl/α,β-unsaturated/α-hetero) is 1. The molecule has 0 saturated heterocycles. The van der Waals surface area contributed by atoms with Gasteiger partial charge in [-0.3, -0.25) is 4.79 Å². The molecule has 270 valence electrons. The predicted molar refractivity (Wildman–Crippen MR) is 177 cm³/mol. The molecule has 0 aliphatic heterocycles. The summed E-state index contributed by atoms with van der Waals surface area (Å²) in [5.74, 6) is -3.33. The van der Waals surface area contributed by atoms with Gasteiger partial charge in [0.05, 0.1) is 39.6 Å². The van der Waals surface area contributed by atoms with Crippen molar-refractivity contribution in [2.24, 2.45) is 0 Å². The van der Waals surface area contributed by atoms with Gasteiger partial charge in [0.25, 0.3) is 0 Å². The molecule has 0 unspecified atom stereocenters. The van der Waals surface area contributed by atoms with Crippen LogP contribution in [0.4, 0.5) is 0 Å². The lowest BCUT2D eigenvalue weighted by Crippen LogP contribution is -2.34. The van der Waals surface area contributed by atoms with Crippen LogP contribution < -0.4 is 23.7 Å². The lowest BCUT2D eigenvalue weighted by Gasteiger charge is -2.24. The summed E-state index contributed by atoms with van der Waals surface area (Å²) in [4.78, 5) is 39.2. The van der Waals surface area contributed by atoms with Crippen molar-refractivity contribution in [3.63, 3.8) is 0 Å². The Balaban J connectivity index is 1.63. The van der Waals surface area contributed by atoms with Gasteiger partial charge in [-0.15, -0.1) is 0 Å². The Morgan fingerprint density at radius 2 is 1.02 bits per heavy atom. The highest BCUT2D eigenvalue weighted by atomic mass is 16.6. The lowest BCUT2D eigenvalue weighted by molar-refractivity contribution is -0.0286. The molecule has 0 aliphatic carbocycles. The summed E-state index contributed by atoms with van der Waals surface area (Å²) in [5.41, 5.74) is 0.190. The third-order valence-electron chi connectivity index (χ3n) is 7.46. The Kier molecular flexibility index (Phi) is 12.5. The normalized spacial score (nSPS) is 12.5. The molecule has 0 spiro atoms. The molecular weight excluding hydrogens is 672 g/mol. The number of phenolic OH excluding ortho intramolecular Hbond substituents is 3. The summed E-state index contributed by atoms with van der Waals surface area (Å²) in [6.45, 7) is -1.25. The van der Waals surface area contributed by atoms with E-state index in [1.165, 1.54) is 101 Å². The highest BCUT2D eigenvalue weighted by Crippen LogP contribution is 2.42. The second-order valence-electron chi connectivity index (χ2n) is 10.8. The molecule has 15 heteroatoms. The molecule has 0 aliphatic rings. The van der Waals surface area contributed by atoms with Crippen LogP contribution in [0.25, 0.3) is 0 Å². The summed E-state index contributed by atoms with van der Waals surface area (Å²) in [6, 6.07) is 15.5. The van der Waals surface area contributed by atoms with Crippen molar-refractivity contribution in [1.29, 1.82) is 0 Å². The minimum Gasteiger partial charge on any atom is -0.508 e. The first-order chi connectivity index (χ1) is 24.4. The maximum atomic E-state index is 13.9. The van der Waals surface area contributed by atoms with E-state index in [1.807, 2.05) is 0 Å². The molecule has 0 aromatic heterocycles. The number of esters is 2. The zero-order valence-electron chi connectivity index (χ0n) is 27.9. The van der Waals surface area contributed by atoms with Gasteiger partial charge in [0.2, 0.25) is 17.3 Å². The standard InChI is InChI=1S/C36H36O15/c1-45-26-13-22(14-27(46-2)33(26)42)32(41)30(18-50-36(44)20-7-11-24(38)12-8-20)51-34-28(47-3)15-21(16-29(34)48-4)31(40)25(39)17-49-35(43)19-5-9-23(37)10-6-19/h5-16,25,30-31,37-40,42H,17-18H2,1-4H3/t25-,30+,31-/m1/s1. The van der Waals surface area contributed by atoms with Crippen LogP contribution in [0.3, 0.4) is 0 Å². The number of carbonyl (C=O) groups excluding carboxylic acids is 3. The number of ketones is 1. The van der Waals surface area contributed by atoms with Crippen LogP contribution in [-0.2, 0) is 9.47 Å². The van der Waals surface area contributed by atoms with E-state index in [0.717, 1.165) is 0 Å². The lowest BCUT2D eigenvalue weighted by atomic mass is 10.0. The molecule has 0 fully saturated rings. The fourth-order valence-electron chi connectivity index (χ4n) is 4.70. The van der Waals surface area contributed by atoms with E-state index in [9.17, 15) is 39.9 Å². The van der Waals surface area contributed by atoms with E-state index in [4.69, 9.17) is 33.2 Å². The Morgan fingerprint density at radius 3 is 1.45 bits per heavy atom. The quantitative estimate of drug-likeness (QED) is 0.0830. The van der Waals surface area contributed by atoms with Crippen molar-refractivity contribution in [3.05, 3.63) is 95.1 Å². The molecule has 4 rings (SSSR count). The molecule has 51 heavy (non-hydrogen) atoms. The van der Waals surface area contributed by atoms with Gasteiger partial charge < -0.3 is 58.7 Å². The van der Waals surface area contributed by atoms with Crippen LogP contribution in [0.15, 0.2) is 72.8 Å². The Labute approximate surface area is 291 Å². The third kappa shape index (κ3) is 9.09. The van der Waals surface area contributed by atoms with Gasteiger partial charge in [0.1, 0.15) is 36.9 Å². The number of methoxy groups -OCH3 is 4. The minimum absolute atomic E-state index is 0.0519. The second-order valence-corrected chi connectivity index (χ2v) is 10.8. The van der Waals surface area contributed by atoms with Crippen molar-refractivity contribution >= 4 is 17.7 Å². The minimum atomic E-state index is -1.63. The van der Waals surface area contributed by atoms with Crippen LogP contribution in [0.5, 0.6) is 46.0 Å². The van der Waals surface area contributed by atoms with Crippen molar-refractivity contribution in [1.82, 2.24) is 0 Å². The van der Waals surface area contributed by atoms with Crippen LogP contribution in [0.2, 0.25) is 0 Å². The number of aliphatic hydroxyl groups excluding tert-OH is 2. The molecule has 4 aromatic carbocycles. The summed E-state index contributed by atoms with van der Waals surface area (Å²) in [7, 11) is 5.09. The number of aromatic hydroxyl groups is 3. The fourth-order valence-corrected chi connectivity index (χ4v) is 4.70. The molecule has 0 radical (unpaired) electrons. The van der Waals surface area contributed by atoms with Crippen LogP contribution in [-0.4, -0.2) is 97.1 Å². The first-order valence-corrected chi connectivity index (χ1v) is 15.1. The number of ether oxygens (including phenoxy) is 7. The molecule has 15 nitrogen and oxygen atoms in total. The zero-order chi connectivity index (χ0) is 37.2. The maximum absolute atomic E-state index is 13.9. The Morgan fingerprint density at radius 1 is 0.588 bits per heavy atom. The molecule has 4 aromatic rings. The maximum Gasteiger partial charge on any atom is 0.338 e. The SMILES string of the molecule is COc1cc(C(=O)[C@H](COC(=O)c2ccc(O)cc2)Oc2c(OC)cc([C@@H](O)[C@H](O)COC(=O)c3ccc(O)cc3)cc2OC)cc(OC)c1O. The molecule has 3 atom stereocenters. The average Bonchev–Trinajstić information content (AvgIpc) is 3.14. The summed E-state index contributed by atoms with van der Waals surface area (Å²) < 4.78 is 38.0. The van der Waals surface area contributed by atoms with Crippen molar-refractivity contribution < 1.29 is 73.1 Å². The van der Waals surface area contributed by atoms with Crippen LogP contribution >= 0.6 is 0 Å². The van der Waals surface area contributed by atoms with Gasteiger partial charge in [-0.25, -0.2) is 9.59 Å². The number of phenols is 3. The van der Waals surface area contributed by atoms with E-state index in [1.54, 1.807) is 0 Å². The predicted octanol–water partition coefficient (Wildman–Crippen LogP) is 3.58. The van der Waals surface area contributed by atoms with Crippen molar-refractivity contribution in [2.75, 3.05) is 41.7 Å². The van der Waals surface area contributed by atoms with Crippen LogP contribution in [0, 0.1) is 0 Å². The fraction of sp³-hybridized carbons (Fsp3) is 0.250. The Hall–Kier alpha value is -6.19. The number of hydrogen-bond donors (Lipinski definition) is 5. The second kappa shape index (κ2) is 17.0. The smallest absolute Gasteiger partial charge is 0.338 e. The van der Waals surface area contributed by atoms with Crippen LogP contribution in [0.1, 0.15) is 42.7 Å². The third-order valence-corrected chi connectivity index (χ3v) is 7.46. The number of carbonyl (C=O) groups is 3. The molecule has 0 saturated carbocycles. The van der Waals surface area contributed by atoms with Gasteiger partial charge in [0.15, 0.2) is 29.1 Å². The van der Waals surface area contributed by atoms with E-state index < -0.39 is 49.2 Å². The van der Waals surface area contributed by atoms with Gasteiger partial charge in [0, 0.05) is 5.56 Å². The molecule has 5 N–H and O–H groups in total. The van der Waals surface area contributed by atoms with Gasteiger partial charge in [-0.1, -0.05) is 0 Å². The topological polar surface area (TPSA) is 217 Å². The molecule has 0 heterocycles. The highest BCUT2D eigenvalue weighted by molar-refractivity contribution is 6.01. The van der Waals surface area contributed by atoms with E-state index in [0.29, 0.717) is 0 Å². The van der Waals surface area contributed by atoms with Gasteiger partial charge in [-0.2, -0.15) is 0 Å². The number of hydrogen-bond acceptors (Lipinski definition) is 15. The monoisotopic (exact) mass is 708 g/mol. The first kappa shape index (κ1) is 37.6. The first-order valence-electron chi connectivity index (χ1n) is 15.1. The number of benzene rings is 4. The van der Waals surface area contributed by atoms with Gasteiger partial charge >= 0.3 is 11.9 Å². The van der Waals surface area contributed by atoms with E-state index in [2.05, 4.69) is 0 Å². The van der Waals surface area contributed by atoms with Crippen molar-refractivity contribution in [2.45, 2.75) is 18.3 Å². The van der Waals surface area contributed by atoms with E-state index >= 15 is 0 Å². The zero-order valence-corrected chi connectivity index (χ0v) is 27.9. The number of rotatable bonds is 16. The molecule has 0 amide bonds. The van der Waals surface area contributed by atoms with Crippen molar-refractivity contribution in [3.8, 4) is 46.0 Å². The van der Waals surface area contributed by atoms with E-state index in [-0.39, 0.29) is 68.2 Å². The summed E-state index contributed by atoms with van der Waals surface area (Å²) >= 11 is 0. The summed E-state index contributed by atoms with van der Waals surface area (Å²) in [5, 5.41) is 51.0. The average molecular weight is 709 g/mol.